The van der Waals surface area contributed by atoms with Gasteiger partial charge in [-0.15, -0.1) is 0 Å². The van der Waals surface area contributed by atoms with Crippen molar-refractivity contribution in [3.05, 3.63) is 29.6 Å². The number of aromatic nitrogens is 2. The van der Waals surface area contributed by atoms with Crippen molar-refractivity contribution in [2.24, 2.45) is 5.92 Å². The number of aryl methyl sites for hydroxylation is 2. The van der Waals surface area contributed by atoms with Crippen LogP contribution in [0.1, 0.15) is 25.0 Å². The fourth-order valence-corrected chi connectivity index (χ4v) is 2.11. The molecular weight excluding hydrogens is 240 g/mol. The van der Waals surface area contributed by atoms with Crippen LogP contribution in [-0.2, 0) is 16.1 Å². The highest BCUT2D eigenvalue weighted by Crippen LogP contribution is 2.19. The van der Waals surface area contributed by atoms with E-state index >= 15 is 0 Å². The maximum Gasteiger partial charge on any atom is 0.310 e. The Morgan fingerprint density at radius 1 is 1.37 bits per heavy atom. The van der Waals surface area contributed by atoms with Crippen molar-refractivity contribution in [3.63, 3.8) is 0 Å². The van der Waals surface area contributed by atoms with E-state index in [1.807, 2.05) is 18.4 Å². The molecule has 0 fully saturated rings. The lowest BCUT2D eigenvalue weighted by Crippen LogP contribution is -2.19. The number of esters is 1. The van der Waals surface area contributed by atoms with E-state index in [1.54, 1.807) is 6.33 Å². The molecule has 1 aromatic heterocycles. The molecule has 4 heteroatoms. The molecule has 0 bridgehead atoms. The van der Waals surface area contributed by atoms with Gasteiger partial charge in [-0.3, -0.25) is 4.79 Å². The quantitative estimate of drug-likeness (QED) is 0.794. The second-order valence-corrected chi connectivity index (χ2v) is 4.98. The number of hydrogen-bond acceptors (Lipinski definition) is 3. The van der Waals surface area contributed by atoms with E-state index in [9.17, 15) is 4.79 Å². The van der Waals surface area contributed by atoms with E-state index in [4.69, 9.17) is 4.74 Å². The molecule has 1 unspecified atom stereocenters. The maximum atomic E-state index is 11.7. The molecule has 2 rings (SSSR count). The Morgan fingerprint density at radius 3 is 2.74 bits per heavy atom. The first-order chi connectivity index (χ1) is 9.02. The number of nitrogens with zero attached hydrogens (tertiary/aromatic N) is 2. The summed E-state index contributed by atoms with van der Waals surface area (Å²) in [5.41, 5.74) is 4.51. The van der Waals surface area contributed by atoms with E-state index in [0.29, 0.717) is 13.2 Å². The lowest BCUT2D eigenvalue weighted by Gasteiger charge is -2.12. The summed E-state index contributed by atoms with van der Waals surface area (Å²) in [5.74, 6) is -0.327. The Hall–Kier alpha value is -1.84. The third kappa shape index (κ3) is 2.78. The summed E-state index contributed by atoms with van der Waals surface area (Å²) in [5, 5.41) is 0. The van der Waals surface area contributed by atoms with Crippen LogP contribution in [0.15, 0.2) is 18.5 Å². The van der Waals surface area contributed by atoms with Gasteiger partial charge in [0, 0.05) is 6.54 Å². The van der Waals surface area contributed by atoms with Crippen LogP contribution in [0.3, 0.4) is 0 Å². The summed E-state index contributed by atoms with van der Waals surface area (Å²) in [6.45, 7) is 8.88. The first-order valence-electron chi connectivity index (χ1n) is 6.61. The molecule has 0 N–H and O–H groups in total. The molecule has 1 atom stereocenters. The molecule has 19 heavy (non-hydrogen) atoms. The molecular formula is C15H20N2O2. The van der Waals surface area contributed by atoms with Crippen molar-refractivity contribution in [1.29, 1.82) is 0 Å². The summed E-state index contributed by atoms with van der Waals surface area (Å²) in [4.78, 5) is 16.1. The first kappa shape index (κ1) is 13.6. The largest absolute Gasteiger partial charge is 0.466 e. The van der Waals surface area contributed by atoms with Gasteiger partial charge in [0.2, 0.25) is 0 Å². The summed E-state index contributed by atoms with van der Waals surface area (Å²) < 4.78 is 7.05. The molecule has 2 aromatic rings. The van der Waals surface area contributed by atoms with Crippen molar-refractivity contribution >= 4 is 17.0 Å². The lowest BCUT2D eigenvalue weighted by atomic mass is 10.1. The highest BCUT2D eigenvalue weighted by atomic mass is 16.5. The molecule has 0 aliphatic heterocycles. The lowest BCUT2D eigenvalue weighted by molar-refractivity contribution is -0.147. The monoisotopic (exact) mass is 260 g/mol. The summed E-state index contributed by atoms with van der Waals surface area (Å²) >= 11 is 0. The number of ether oxygens (including phenoxy) is 1. The van der Waals surface area contributed by atoms with Gasteiger partial charge in [-0.1, -0.05) is 6.92 Å². The van der Waals surface area contributed by atoms with E-state index in [-0.39, 0.29) is 11.9 Å². The van der Waals surface area contributed by atoms with E-state index < -0.39 is 0 Å². The summed E-state index contributed by atoms with van der Waals surface area (Å²) in [7, 11) is 0. The molecule has 0 aliphatic rings. The van der Waals surface area contributed by atoms with Gasteiger partial charge < -0.3 is 9.30 Å². The van der Waals surface area contributed by atoms with Crippen molar-refractivity contribution in [1.82, 2.24) is 9.55 Å². The zero-order valence-electron chi connectivity index (χ0n) is 11.9. The number of hydrogen-bond donors (Lipinski definition) is 0. The molecule has 4 nitrogen and oxygen atoms in total. The predicted molar refractivity (Wildman–Crippen MR) is 75.0 cm³/mol. The minimum Gasteiger partial charge on any atom is -0.466 e. The Morgan fingerprint density at radius 2 is 2.05 bits per heavy atom. The van der Waals surface area contributed by atoms with Gasteiger partial charge in [-0.05, 0) is 44.0 Å². The molecule has 1 heterocycles. The second-order valence-electron chi connectivity index (χ2n) is 4.98. The van der Waals surface area contributed by atoms with Crippen molar-refractivity contribution in [3.8, 4) is 0 Å². The molecule has 0 saturated heterocycles. The first-order valence-corrected chi connectivity index (χ1v) is 6.61. The Labute approximate surface area is 113 Å². The zero-order chi connectivity index (χ0) is 14.0. The summed E-state index contributed by atoms with van der Waals surface area (Å²) in [6, 6.07) is 4.20. The molecule has 1 aromatic carbocycles. The zero-order valence-corrected chi connectivity index (χ0v) is 11.9. The molecule has 0 aliphatic carbocycles. The normalized spacial score (nSPS) is 12.6. The van der Waals surface area contributed by atoms with Crippen LogP contribution in [0.4, 0.5) is 0 Å². The Kier molecular flexibility index (Phi) is 3.88. The van der Waals surface area contributed by atoms with Crippen LogP contribution in [0.2, 0.25) is 0 Å². The SMILES string of the molecule is CCOC(=O)C(C)Cn1cnc2cc(C)c(C)cc21. The van der Waals surface area contributed by atoms with E-state index in [0.717, 1.165) is 11.0 Å². The molecule has 0 saturated carbocycles. The number of rotatable bonds is 4. The topological polar surface area (TPSA) is 44.1 Å². The second kappa shape index (κ2) is 5.43. The van der Waals surface area contributed by atoms with Crippen molar-refractivity contribution in [2.45, 2.75) is 34.2 Å². The van der Waals surface area contributed by atoms with Gasteiger partial charge >= 0.3 is 5.97 Å². The van der Waals surface area contributed by atoms with Crippen molar-refractivity contribution in [2.75, 3.05) is 6.61 Å². The molecule has 0 radical (unpaired) electrons. The minimum atomic E-state index is -0.168. The van der Waals surface area contributed by atoms with Crippen LogP contribution in [-0.4, -0.2) is 22.1 Å². The van der Waals surface area contributed by atoms with Crippen LogP contribution >= 0.6 is 0 Å². The molecule has 102 valence electrons. The van der Waals surface area contributed by atoms with E-state index in [2.05, 4.69) is 31.0 Å². The van der Waals surface area contributed by atoms with Gasteiger partial charge in [-0.2, -0.15) is 0 Å². The average molecular weight is 260 g/mol. The maximum absolute atomic E-state index is 11.7. The van der Waals surface area contributed by atoms with Crippen LogP contribution in [0.5, 0.6) is 0 Å². The van der Waals surface area contributed by atoms with Gasteiger partial charge in [-0.25, -0.2) is 4.98 Å². The third-order valence-corrected chi connectivity index (χ3v) is 3.40. The van der Waals surface area contributed by atoms with E-state index in [1.165, 1.54) is 11.1 Å². The van der Waals surface area contributed by atoms with Crippen LogP contribution in [0, 0.1) is 19.8 Å². The fourth-order valence-electron chi connectivity index (χ4n) is 2.11. The number of carbonyl (C=O) groups is 1. The summed E-state index contributed by atoms with van der Waals surface area (Å²) in [6.07, 6.45) is 1.79. The highest BCUT2D eigenvalue weighted by molar-refractivity contribution is 5.78. The number of carbonyl (C=O) groups excluding carboxylic acids is 1. The fraction of sp³-hybridized carbons (Fsp3) is 0.467. The minimum absolute atomic E-state index is 0.159. The smallest absolute Gasteiger partial charge is 0.310 e. The predicted octanol–water partition coefficient (Wildman–Crippen LogP) is 2.85. The molecule has 0 spiro atoms. The Bertz CT molecular complexity index is 601. The van der Waals surface area contributed by atoms with Crippen LogP contribution < -0.4 is 0 Å². The highest BCUT2D eigenvalue weighted by Gasteiger charge is 2.16. The number of fused-ring (bicyclic) bond motifs is 1. The van der Waals surface area contributed by atoms with Crippen LogP contribution in [0.25, 0.3) is 11.0 Å². The third-order valence-electron chi connectivity index (χ3n) is 3.40. The number of benzene rings is 1. The number of imidazole rings is 1. The Balaban J connectivity index is 2.26. The standard InChI is InChI=1S/C15H20N2O2/c1-5-19-15(18)12(4)8-17-9-16-13-6-10(2)11(3)7-14(13)17/h6-7,9,12H,5,8H2,1-4H3. The average Bonchev–Trinajstić information content (AvgIpc) is 2.73. The van der Waals surface area contributed by atoms with Crippen molar-refractivity contribution < 1.29 is 9.53 Å². The van der Waals surface area contributed by atoms with Gasteiger partial charge in [0.25, 0.3) is 0 Å². The van der Waals surface area contributed by atoms with Gasteiger partial charge in [0.1, 0.15) is 0 Å². The van der Waals surface area contributed by atoms with Gasteiger partial charge in [0.05, 0.1) is 29.9 Å². The molecule has 0 amide bonds. The van der Waals surface area contributed by atoms with Gasteiger partial charge in [0.15, 0.2) is 0 Å².